The lowest BCUT2D eigenvalue weighted by atomic mass is 9.54. The Morgan fingerprint density at radius 1 is 1.17 bits per heavy atom. The van der Waals surface area contributed by atoms with Gasteiger partial charge in [0.25, 0.3) is 10.1 Å². The Morgan fingerprint density at radius 3 is 2.28 bits per heavy atom. The van der Waals surface area contributed by atoms with Gasteiger partial charge >= 0.3 is 0 Å². The molecule has 1 spiro atoms. The smallest absolute Gasteiger partial charge is 0.262 e. The fourth-order valence-corrected chi connectivity index (χ4v) is 4.12. The highest BCUT2D eigenvalue weighted by Crippen LogP contribution is 2.57. The van der Waals surface area contributed by atoms with Gasteiger partial charge in [-0.3, -0.25) is 4.18 Å². The Kier molecular flexibility index (Phi) is 2.75. The fraction of sp³-hybridized carbons (Fsp3) is 0.571. The quantitative estimate of drug-likeness (QED) is 0.790. The molecule has 18 heavy (non-hydrogen) atoms. The number of hydrogen-bond donors (Lipinski definition) is 0. The lowest BCUT2D eigenvalue weighted by Gasteiger charge is -2.54. The van der Waals surface area contributed by atoms with Crippen LogP contribution >= 0.6 is 0 Å². The molecule has 0 amide bonds. The first kappa shape index (κ1) is 12.2. The first-order valence-corrected chi connectivity index (χ1v) is 7.93. The number of hydrogen-bond acceptors (Lipinski definition) is 3. The van der Waals surface area contributed by atoms with Crippen LogP contribution < -0.4 is 0 Å². The van der Waals surface area contributed by atoms with E-state index >= 15 is 0 Å². The van der Waals surface area contributed by atoms with Crippen LogP contribution in [0.5, 0.6) is 0 Å². The molecule has 0 aliphatic heterocycles. The summed E-state index contributed by atoms with van der Waals surface area (Å²) in [6, 6.07) is 6.85. The van der Waals surface area contributed by atoms with Crippen molar-refractivity contribution in [1.82, 2.24) is 0 Å². The lowest BCUT2D eigenvalue weighted by Crippen LogP contribution is -2.51. The van der Waals surface area contributed by atoms with Crippen LogP contribution in [0.4, 0.5) is 0 Å². The van der Waals surface area contributed by atoms with Gasteiger partial charge in [0.1, 0.15) is 0 Å². The second kappa shape index (κ2) is 4.07. The molecule has 98 valence electrons. The van der Waals surface area contributed by atoms with E-state index in [1.165, 1.54) is 6.42 Å². The van der Waals surface area contributed by atoms with Gasteiger partial charge in [-0.2, -0.15) is 8.42 Å². The summed E-state index contributed by atoms with van der Waals surface area (Å²) in [5.74, 6) is 0. The van der Waals surface area contributed by atoms with E-state index in [0.717, 1.165) is 31.2 Å². The van der Waals surface area contributed by atoms with E-state index in [-0.39, 0.29) is 16.4 Å². The normalized spacial score (nSPS) is 25.5. The van der Waals surface area contributed by atoms with Gasteiger partial charge in [-0.1, -0.05) is 24.1 Å². The maximum atomic E-state index is 12.2. The molecule has 0 bridgehead atoms. The molecule has 2 aliphatic rings. The van der Waals surface area contributed by atoms with Crippen molar-refractivity contribution in [2.24, 2.45) is 5.41 Å². The second-order valence-corrected chi connectivity index (χ2v) is 7.18. The molecular weight excluding hydrogens is 248 g/mol. The van der Waals surface area contributed by atoms with Crippen LogP contribution in [0.1, 0.15) is 37.7 Å². The predicted octanol–water partition coefficient (Wildman–Crippen LogP) is 3.03. The van der Waals surface area contributed by atoms with Gasteiger partial charge in [-0.05, 0) is 50.2 Å². The number of benzene rings is 1. The molecule has 3 nitrogen and oxygen atoms in total. The number of aryl methyl sites for hydroxylation is 1. The van der Waals surface area contributed by atoms with Crippen molar-refractivity contribution in [1.29, 1.82) is 0 Å². The Morgan fingerprint density at radius 2 is 1.83 bits per heavy atom. The third-order valence-corrected chi connectivity index (χ3v) is 5.82. The summed E-state index contributed by atoms with van der Waals surface area (Å²) in [5, 5.41) is 0. The van der Waals surface area contributed by atoms with Gasteiger partial charge in [-0.25, -0.2) is 0 Å². The van der Waals surface area contributed by atoms with Crippen molar-refractivity contribution in [3.63, 3.8) is 0 Å². The zero-order chi connectivity index (χ0) is 12.8. The molecule has 2 fully saturated rings. The van der Waals surface area contributed by atoms with E-state index in [1.807, 2.05) is 6.92 Å². The van der Waals surface area contributed by atoms with Gasteiger partial charge in [0.05, 0.1) is 11.0 Å². The molecular formula is C14H18O3S. The highest BCUT2D eigenvalue weighted by atomic mass is 32.2. The number of rotatable bonds is 3. The van der Waals surface area contributed by atoms with Crippen LogP contribution in [-0.2, 0) is 14.3 Å². The molecule has 1 atom stereocenters. The van der Waals surface area contributed by atoms with E-state index in [2.05, 4.69) is 0 Å². The molecule has 0 aromatic heterocycles. The highest BCUT2D eigenvalue weighted by Gasteiger charge is 2.53. The fourth-order valence-electron chi connectivity index (χ4n) is 2.94. The van der Waals surface area contributed by atoms with Gasteiger partial charge < -0.3 is 0 Å². The SMILES string of the molecule is Cc1ccc(S(=O)(=O)OC2CCC23CCC3)cc1. The maximum absolute atomic E-state index is 12.2. The van der Waals surface area contributed by atoms with Crippen molar-refractivity contribution < 1.29 is 12.6 Å². The molecule has 2 saturated carbocycles. The first-order valence-electron chi connectivity index (χ1n) is 6.52. The molecule has 0 N–H and O–H groups in total. The average Bonchev–Trinajstić information content (AvgIpc) is 2.23. The van der Waals surface area contributed by atoms with Crippen LogP contribution in [0.15, 0.2) is 29.2 Å². The monoisotopic (exact) mass is 266 g/mol. The third-order valence-electron chi connectivity index (χ3n) is 4.49. The lowest BCUT2D eigenvalue weighted by molar-refractivity contribution is -0.0970. The van der Waals surface area contributed by atoms with Crippen molar-refractivity contribution in [2.75, 3.05) is 0 Å². The summed E-state index contributed by atoms with van der Waals surface area (Å²) in [7, 11) is -3.58. The largest absolute Gasteiger partial charge is 0.297 e. The molecule has 0 saturated heterocycles. The minimum absolute atomic E-state index is 0.0856. The van der Waals surface area contributed by atoms with E-state index < -0.39 is 10.1 Å². The van der Waals surface area contributed by atoms with Gasteiger partial charge in [-0.15, -0.1) is 0 Å². The molecule has 0 radical (unpaired) electrons. The highest BCUT2D eigenvalue weighted by molar-refractivity contribution is 7.86. The van der Waals surface area contributed by atoms with Crippen molar-refractivity contribution in [3.8, 4) is 0 Å². The summed E-state index contributed by atoms with van der Waals surface area (Å²) >= 11 is 0. The van der Waals surface area contributed by atoms with Gasteiger partial charge in [0, 0.05) is 0 Å². The standard InChI is InChI=1S/C14H18O3S/c1-11-3-5-12(6-4-11)18(15,16)17-13-7-10-14(13)8-2-9-14/h3-6,13H,2,7-10H2,1H3. The summed E-state index contributed by atoms with van der Waals surface area (Å²) in [6.07, 6.45) is 5.39. The van der Waals surface area contributed by atoms with E-state index in [1.54, 1.807) is 24.3 Å². The summed E-state index contributed by atoms with van der Waals surface area (Å²) in [4.78, 5) is 0.273. The summed E-state index contributed by atoms with van der Waals surface area (Å²) in [6.45, 7) is 1.94. The van der Waals surface area contributed by atoms with Gasteiger partial charge in [0.2, 0.25) is 0 Å². The molecule has 1 aromatic rings. The van der Waals surface area contributed by atoms with Crippen molar-refractivity contribution >= 4 is 10.1 Å². The Hall–Kier alpha value is -0.870. The Bertz CT molecular complexity index is 535. The maximum Gasteiger partial charge on any atom is 0.297 e. The summed E-state index contributed by atoms with van der Waals surface area (Å²) in [5.41, 5.74) is 1.24. The molecule has 3 rings (SSSR count). The summed E-state index contributed by atoms with van der Waals surface area (Å²) < 4.78 is 29.7. The third kappa shape index (κ3) is 1.88. The zero-order valence-corrected chi connectivity index (χ0v) is 11.4. The molecule has 1 aromatic carbocycles. The van der Waals surface area contributed by atoms with Crippen molar-refractivity contribution in [2.45, 2.75) is 50.0 Å². The molecule has 1 unspecified atom stereocenters. The van der Waals surface area contributed by atoms with Crippen LogP contribution in [0, 0.1) is 12.3 Å². The van der Waals surface area contributed by atoms with Crippen molar-refractivity contribution in [3.05, 3.63) is 29.8 Å². The van der Waals surface area contributed by atoms with Gasteiger partial charge in [0.15, 0.2) is 0 Å². The Balaban J connectivity index is 1.77. The first-order chi connectivity index (χ1) is 8.52. The minimum Gasteiger partial charge on any atom is -0.262 e. The molecule has 4 heteroatoms. The van der Waals surface area contributed by atoms with Crippen LogP contribution in [0.25, 0.3) is 0 Å². The van der Waals surface area contributed by atoms with Crippen LogP contribution in [0.3, 0.4) is 0 Å². The molecule has 0 heterocycles. The Labute approximate surface area is 108 Å². The van der Waals surface area contributed by atoms with E-state index in [4.69, 9.17) is 4.18 Å². The minimum atomic E-state index is -3.58. The predicted molar refractivity (Wildman–Crippen MR) is 68.8 cm³/mol. The topological polar surface area (TPSA) is 43.4 Å². The zero-order valence-electron chi connectivity index (χ0n) is 10.6. The average molecular weight is 266 g/mol. The second-order valence-electron chi connectivity index (χ2n) is 5.61. The molecule has 2 aliphatic carbocycles. The van der Waals surface area contributed by atoms with Crippen LogP contribution in [0.2, 0.25) is 0 Å². The van der Waals surface area contributed by atoms with E-state index in [0.29, 0.717) is 0 Å². The van der Waals surface area contributed by atoms with Crippen LogP contribution in [-0.4, -0.2) is 14.5 Å². The van der Waals surface area contributed by atoms with E-state index in [9.17, 15) is 8.42 Å².